The van der Waals surface area contributed by atoms with Crippen molar-refractivity contribution < 1.29 is 0 Å². The maximum absolute atomic E-state index is 4.77. The standard InChI is InChI=1S/C19H25N5/c1-2-6-15(7-3-1)22-19-23-17(14-9-10-14)12-18(24-19)21-13-16-8-4-5-11-20-16/h4-5,8,11-12,14-15H,1-3,6-7,9-10,13H2,(H2,21,22,23,24). The fourth-order valence-electron chi connectivity index (χ4n) is 3.32. The Kier molecular flexibility index (Phi) is 4.58. The molecule has 5 heteroatoms. The summed E-state index contributed by atoms with van der Waals surface area (Å²) in [5, 5.41) is 6.97. The van der Waals surface area contributed by atoms with Crippen LogP contribution in [0.15, 0.2) is 30.5 Å². The van der Waals surface area contributed by atoms with Crippen molar-refractivity contribution >= 4 is 11.8 Å². The molecule has 5 nitrogen and oxygen atoms in total. The molecule has 2 saturated carbocycles. The summed E-state index contributed by atoms with van der Waals surface area (Å²) in [5.41, 5.74) is 2.19. The molecule has 126 valence electrons. The summed E-state index contributed by atoms with van der Waals surface area (Å²) in [7, 11) is 0. The number of nitrogens with one attached hydrogen (secondary N) is 2. The predicted molar refractivity (Wildman–Crippen MR) is 96.1 cm³/mol. The van der Waals surface area contributed by atoms with Crippen LogP contribution in [-0.4, -0.2) is 21.0 Å². The molecule has 0 aromatic carbocycles. The van der Waals surface area contributed by atoms with Crippen molar-refractivity contribution in [1.29, 1.82) is 0 Å². The van der Waals surface area contributed by atoms with E-state index in [1.54, 1.807) is 0 Å². The van der Waals surface area contributed by atoms with Crippen LogP contribution in [0.5, 0.6) is 0 Å². The minimum atomic E-state index is 0.525. The van der Waals surface area contributed by atoms with Gasteiger partial charge in [-0.25, -0.2) is 4.98 Å². The van der Waals surface area contributed by atoms with Gasteiger partial charge in [-0.3, -0.25) is 4.98 Å². The fraction of sp³-hybridized carbons (Fsp3) is 0.526. The maximum Gasteiger partial charge on any atom is 0.225 e. The summed E-state index contributed by atoms with van der Waals surface area (Å²) in [6.45, 7) is 0.685. The average molecular weight is 323 g/mol. The van der Waals surface area contributed by atoms with Crippen molar-refractivity contribution in [2.45, 2.75) is 63.5 Å². The zero-order valence-electron chi connectivity index (χ0n) is 14.0. The third-order valence-corrected chi connectivity index (χ3v) is 4.86. The van der Waals surface area contributed by atoms with E-state index < -0.39 is 0 Å². The number of nitrogens with zero attached hydrogens (tertiary/aromatic N) is 3. The topological polar surface area (TPSA) is 62.7 Å². The van der Waals surface area contributed by atoms with E-state index >= 15 is 0 Å². The van der Waals surface area contributed by atoms with Crippen LogP contribution in [0.2, 0.25) is 0 Å². The number of anilines is 2. The number of hydrogen-bond acceptors (Lipinski definition) is 5. The number of rotatable bonds is 6. The molecule has 2 aromatic heterocycles. The van der Waals surface area contributed by atoms with Gasteiger partial charge in [0.25, 0.3) is 0 Å². The Bertz CT molecular complexity index is 663. The van der Waals surface area contributed by atoms with Crippen LogP contribution in [0.4, 0.5) is 11.8 Å². The molecule has 0 amide bonds. The Morgan fingerprint density at radius 3 is 2.62 bits per heavy atom. The van der Waals surface area contributed by atoms with Crippen LogP contribution in [-0.2, 0) is 6.54 Å². The van der Waals surface area contributed by atoms with Crippen molar-refractivity contribution in [3.8, 4) is 0 Å². The molecule has 0 bridgehead atoms. The molecule has 0 spiro atoms. The molecule has 0 radical (unpaired) electrons. The summed E-state index contributed by atoms with van der Waals surface area (Å²) in [6.07, 6.45) is 10.8. The molecule has 2 heterocycles. The highest BCUT2D eigenvalue weighted by Crippen LogP contribution is 2.40. The lowest BCUT2D eigenvalue weighted by Crippen LogP contribution is -2.24. The van der Waals surface area contributed by atoms with Gasteiger partial charge in [0, 0.05) is 24.2 Å². The van der Waals surface area contributed by atoms with E-state index in [4.69, 9.17) is 9.97 Å². The quantitative estimate of drug-likeness (QED) is 0.838. The van der Waals surface area contributed by atoms with Gasteiger partial charge in [-0.05, 0) is 37.8 Å². The molecule has 0 atom stereocenters. The zero-order valence-corrected chi connectivity index (χ0v) is 14.0. The molecule has 0 aliphatic heterocycles. The van der Waals surface area contributed by atoms with Gasteiger partial charge in [-0.2, -0.15) is 4.98 Å². The van der Waals surface area contributed by atoms with Gasteiger partial charge < -0.3 is 10.6 Å². The van der Waals surface area contributed by atoms with E-state index in [-0.39, 0.29) is 0 Å². The number of pyridine rings is 1. The van der Waals surface area contributed by atoms with E-state index in [0.29, 0.717) is 18.5 Å². The van der Waals surface area contributed by atoms with E-state index in [9.17, 15) is 0 Å². The molecule has 24 heavy (non-hydrogen) atoms. The van der Waals surface area contributed by atoms with Crippen molar-refractivity contribution in [3.63, 3.8) is 0 Å². The summed E-state index contributed by atoms with van der Waals surface area (Å²) in [6, 6.07) is 8.60. The molecule has 2 fully saturated rings. The normalized spacial score (nSPS) is 18.3. The minimum absolute atomic E-state index is 0.525. The van der Waals surface area contributed by atoms with Crippen LogP contribution >= 0.6 is 0 Å². The Balaban J connectivity index is 1.47. The second kappa shape index (κ2) is 7.16. The second-order valence-electron chi connectivity index (χ2n) is 6.93. The van der Waals surface area contributed by atoms with Gasteiger partial charge in [-0.15, -0.1) is 0 Å². The van der Waals surface area contributed by atoms with Crippen molar-refractivity contribution in [2.75, 3.05) is 10.6 Å². The van der Waals surface area contributed by atoms with Gasteiger partial charge >= 0.3 is 0 Å². The molecule has 0 saturated heterocycles. The van der Waals surface area contributed by atoms with E-state index in [0.717, 1.165) is 17.5 Å². The summed E-state index contributed by atoms with van der Waals surface area (Å²) >= 11 is 0. The zero-order chi connectivity index (χ0) is 16.2. The lowest BCUT2D eigenvalue weighted by molar-refractivity contribution is 0.460. The molecular weight excluding hydrogens is 298 g/mol. The fourth-order valence-corrected chi connectivity index (χ4v) is 3.32. The Labute approximate surface area is 143 Å². The van der Waals surface area contributed by atoms with Gasteiger partial charge in [0.2, 0.25) is 5.95 Å². The first kappa shape index (κ1) is 15.4. The number of hydrogen-bond donors (Lipinski definition) is 2. The van der Waals surface area contributed by atoms with Crippen molar-refractivity contribution in [1.82, 2.24) is 15.0 Å². The van der Waals surface area contributed by atoms with Crippen LogP contribution in [0.25, 0.3) is 0 Å². The van der Waals surface area contributed by atoms with Gasteiger partial charge in [-0.1, -0.05) is 25.3 Å². The molecule has 2 aromatic rings. The Morgan fingerprint density at radius 2 is 1.88 bits per heavy atom. The first-order chi connectivity index (χ1) is 11.9. The third kappa shape index (κ3) is 4.02. The SMILES string of the molecule is c1ccc(CNc2cc(C3CC3)nc(NC3CCCCC3)n2)nc1. The molecule has 2 N–H and O–H groups in total. The van der Waals surface area contributed by atoms with Gasteiger partial charge in [0.1, 0.15) is 5.82 Å². The van der Waals surface area contributed by atoms with Crippen LogP contribution in [0.3, 0.4) is 0 Å². The average Bonchev–Trinajstić information content (AvgIpc) is 3.47. The minimum Gasteiger partial charge on any atom is -0.364 e. The van der Waals surface area contributed by atoms with Gasteiger partial charge in [0.15, 0.2) is 0 Å². The van der Waals surface area contributed by atoms with Crippen LogP contribution in [0, 0.1) is 0 Å². The van der Waals surface area contributed by atoms with E-state index in [1.165, 1.54) is 50.6 Å². The molecule has 2 aliphatic rings. The molecule has 0 unspecified atom stereocenters. The lowest BCUT2D eigenvalue weighted by Gasteiger charge is -2.23. The highest BCUT2D eigenvalue weighted by molar-refractivity contribution is 5.44. The monoisotopic (exact) mass is 323 g/mol. The highest BCUT2D eigenvalue weighted by Gasteiger charge is 2.26. The van der Waals surface area contributed by atoms with E-state index in [2.05, 4.69) is 21.7 Å². The summed E-state index contributed by atoms with van der Waals surface area (Å²) in [5.74, 6) is 2.31. The van der Waals surface area contributed by atoms with Gasteiger partial charge in [0.05, 0.1) is 17.9 Å². The van der Waals surface area contributed by atoms with Crippen LogP contribution in [0.1, 0.15) is 62.3 Å². The maximum atomic E-state index is 4.77. The highest BCUT2D eigenvalue weighted by atomic mass is 15.2. The summed E-state index contributed by atoms with van der Waals surface area (Å²) < 4.78 is 0. The largest absolute Gasteiger partial charge is 0.364 e. The Morgan fingerprint density at radius 1 is 1.00 bits per heavy atom. The van der Waals surface area contributed by atoms with Crippen molar-refractivity contribution in [3.05, 3.63) is 41.9 Å². The lowest BCUT2D eigenvalue weighted by atomic mass is 9.96. The third-order valence-electron chi connectivity index (χ3n) is 4.86. The smallest absolute Gasteiger partial charge is 0.225 e. The summed E-state index contributed by atoms with van der Waals surface area (Å²) in [4.78, 5) is 13.8. The molecule has 4 rings (SSSR count). The second-order valence-corrected chi connectivity index (χ2v) is 6.93. The Hall–Kier alpha value is -2.17. The molecule has 2 aliphatic carbocycles. The van der Waals surface area contributed by atoms with Crippen LogP contribution < -0.4 is 10.6 Å². The first-order valence-corrected chi connectivity index (χ1v) is 9.16. The molecular formula is C19H25N5. The number of aromatic nitrogens is 3. The van der Waals surface area contributed by atoms with Crippen molar-refractivity contribution in [2.24, 2.45) is 0 Å². The predicted octanol–water partition coefficient (Wildman–Crippen LogP) is 4.11. The first-order valence-electron chi connectivity index (χ1n) is 9.16. The van der Waals surface area contributed by atoms with E-state index in [1.807, 2.05) is 24.4 Å².